The average Bonchev–Trinajstić information content (AvgIpc) is 2.52. The minimum Gasteiger partial charge on any atom is -0.316 e. The van der Waals surface area contributed by atoms with Gasteiger partial charge in [0.05, 0.1) is 11.9 Å². The number of aryl methyl sites for hydroxylation is 2. The number of rotatable bonds is 4. The zero-order valence-corrected chi connectivity index (χ0v) is 16.3. The van der Waals surface area contributed by atoms with E-state index in [9.17, 15) is 18.0 Å². The molecule has 0 aromatic heterocycles. The number of hydrogen-bond acceptors (Lipinski definition) is 4. The van der Waals surface area contributed by atoms with Crippen LogP contribution in [0.15, 0.2) is 42.5 Å². The van der Waals surface area contributed by atoms with Crippen molar-refractivity contribution in [3.05, 3.63) is 59.2 Å². The molecule has 0 spiro atoms. The van der Waals surface area contributed by atoms with Crippen molar-refractivity contribution in [2.24, 2.45) is 0 Å². The summed E-state index contributed by atoms with van der Waals surface area (Å²) in [6.07, 6.45) is 0.989. The molecule has 0 bridgehead atoms. The van der Waals surface area contributed by atoms with Gasteiger partial charge in [0, 0.05) is 25.2 Å². The quantitative estimate of drug-likeness (QED) is 0.825. The number of amides is 2. The van der Waals surface area contributed by atoms with Crippen LogP contribution in [0.2, 0.25) is 0 Å². The lowest BCUT2D eigenvalue weighted by molar-refractivity contribution is -0.116. The van der Waals surface area contributed by atoms with E-state index in [0.717, 1.165) is 21.7 Å². The highest BCUT2D eigenvalue weighted by Crippen LogP contribution is 2.25. The van der Waals surface area contributed by atoms with Crippen LogP contribution < -0.4 is 9.21 Å². The molecule has 0 aliphatic carbocycles. The van der Waals surface area contributed by atoms with Gasteiger partial charge in [-0.1, -0.05) is 17.2 Å². The van der Waals surface area contributed by atoms with Gasteiger partial charge >= 0.3 is 0 Å². The van der Waals surface area contributed by atoms with Gasteiger partial charge in [-0.3, -0.25) is 9.59 Å². The summed E-state index contributed by atoms with van der Waals surface area (Å²) in [5, 5.41) is 0. The van der Waals surface area contributed by atoms with Crippen LogP contribution in [0.1, 0.15) is 28.4 Å². The van der Waals surface area contributed by atoms with Gasteiger partial charge in [-0.15, -0.1) is 0 Å². The second kappa shape index (κ2) is 7.29. The molecule has 6 nitrogen and oxygen atoms in total. The molecule has 0 fully saturated rings. The predicted molar refractivity (Wildman–Crippen MR) is 103 cm³/mol. The molecule has 2 rings (SSSR count). The van der Waals surface area contributed by atoms with Crippen molar-refractivity contribution in [2.75, 3.05) is 22.5 Å². The van der Waals surface area contributed by atoms with Gasteiger partial charge in [-0.2, -0.15) is 0 Å². The van der Waals surface area contributed by atoms with E-state index >= 15 is 0 Å². The zero-order chi connectivity index (χ0) is 19.6. The van der Waals surface area contributed by atoms with Crippen LogP contribution in [0.5, 0.6) is 0 Å². The topological polar surface area (TPSA) is 74.8 Å². The predicted octanol–water partition coefficient (Wildman–Crippen LogP) is 2.89. The monoisotopic (exact) mass is 374 g/mol. The summed E-state index contributed by atoms with van der Waals surface area (Å²) in [7, 11) is -2.22. The third-order valence-electron chi connectivity index (χ3n) is 3.93. The standard InChI is InChI=1S/C19H22N2O4S/c1-13-10-14(2)12-16(11-13)19(23)21(26(5,24)25)18-8-6-17(7-9-18)20(4)15(3)22/h6-12H,1-5H3. The summed E-state index contributed by atoms with van der Waals surface area (Å²) in [5.41, 5.74) is 2.88. The van der Waals surface area contributed by atoms with Gasteiger partial charge in [0.1, 0.15) is 0 Å². The first-order valence-electron chi connectivity index (χ1n) is 7.98. The Morgan fingerprint density at radius 2 is 1.35 bits per heavy atom. The lowest BCUT2D eigenvalue weighted by Gasteiger charge is -2.22. The fraction of sp³-hybridized carbons (Fsp3) is 0.263. The first kappa shape index (κ1) is 19.7. The van der Waals surface area contributed by atoms with Crippen molar-refractivity contribution in [1.29, 1.82) is 0 Å². The largest absolute Gasteiger partial charge is 0.316 e. The maximum Gasteiger partial charge on any atom is 0.272 e. The molecule has 0 N–H and O–H groups in total. The van der Waals surface area contributed by atoms with Crippen molar-refractivity contribution >= 4 is 33.2 Å². The van der Waals surface area contributed by atoms with E-state index in [-0.39, 0.29) is 11.6 Å². The molecule has 138 valence electrons. The molecule has 0 heterocycles. The SMILES string of the molecule is CC(=O)N(C)c1ccc(N(C(=O)c2cc(C)cc(C)c2)S(C)(=O)=O)cc1. The van der Waals surface area contributed by atoms with Crippen LogP contribution in [0, 0.1) is 13.8 Å². The molecule has 0 saturated carbocycles. The Bertz CT molecular complexity index is 930. The van der Waals surface area contributed by atoms with Crippen LogP contribution in [-0.4, -0.2) is 33.5 Å². The minimum atomic E-state index is -3.84. The van der Waals surface area contributed by atoms with Crippen LogP contribution >= 0.6 is 0 Å². The van der Waals surface area contributed by atoms with Crippen molar-refractivity contribution in [3.63, 3.8) is 0 Å². The number of hydrogen-bond donors (Lipinski definition) is 0. The molecule has 2 aromatic rings. The highest BCUT2D eigenvalue weighted by Gasteiger charge is 2.27. The number of carbonyl (C=O) groups is 2. The fourth-order valence-electron chi connectivity index (χ4n) is 2.67. The van der Waals surface area contributed by atoms with E-state index in [1.807, 2.05) is 19.9 Å². The highest BCUT2D eigenvalue weighted by atomic mass is 32.2. The van der Waals surface area contributed by atoms with Crippen LogP contribution in [-0.2, 0) is 14.8 Å². The second-order valence-electron chi connectivity index (χ2n) is 6.30. The Hall–Kier alpha value is -2.67. The van der Waals surface area contributed by atoms with Gasteiger partial charge < -0.3 is 4.90 Å². The van der Waals surface area contributed by atoms with Crippen molar-refractivity contribution in [3.8, 4) is 0 Å². The lowest BCUT2D eigenvalue weighted by atomic mass is 10.1. The van der Waals surface area contributed by atoms with E-state index in [2.05, 4.69) is 0 Å². The van der Waals surface area contributed by atoms with Gasteiger partial charge in [0.15, 0.2) is 0 Å². The van der Waals surface area contributed by atoms with E-state index in [0.29, 0.717) is 11.3 Å². The molecule has 2 aromatic carbocycles. The first-order valence-corrected chi connectivity index (χ1v) is 9.83. The molecule has 0 saturated heterocycles. The number of benzene rings is 2. The Morgan fingerprint density at radius 1 is 0.885 bits per heavy atom. The normalized spacial score (nSPS) is 11.1. The third kappa shape index (κ3) is 4.29. The number of anilines is 2. The maximum absolute atomic E-state index is 12.9. The minimum absolute atomic E-state index is 0.149. The first-order chi connectivity index (χ1) is 12.0. The van der Waals surface area contributed by atoms with Crippen LogP contribution in [0.4, 0.5) is 11.4 Å². The molecule has 7 heteroatoms. The molecule has 0 aliphatic heterocycles. The summed E-state index contributed by atoms with van der Waals surface area (Å²) in [6.45, 7) is 5.13. The molecular formula is C19H22N2O4S. The Labute approximate surface area is 154 Å². The average molecular weight is 374 g/mol. The van der Waals surface area contributed by atoms with Crippen molar-refractivity contribution < 1.29 is 18.0 Å². The van der Waals surface area contributed by atoms with E-state index in [1.165, 1.54) is 24.0 Å². The summed E-state index contributed by atoms with van der Waals surface area (Å²) in [5.74, 6) is -0.768. The Balaban J connectivity index is 2.49. The third-order valence-corrected chi connectivity index (χ3v) is 4.97. The maximum atomic E-state index is 12.9. The van der Waals surface area contributed by atoms with E-state index < -0.39 is 15.9 Å². The summed E-state index contributed by atoms with van der Waals surface area (Å²) in [6, 6.07) is 11.4. The fourth-order valence-corrected chi connectivity index (χ4v) is 3.58. The van der Waals surface area contributed by atoms with Crippen molar-refractivity contribution in [1.82, 2.24) is 0 Å². The van der Waals surface area contributed by atoms with Crippen LogP contribution in [0.25, 0.3) is 0 Å². The molecule has 0 atom stereocenters. The van der Waals surface area contributed by atoms with Crippen molar-refractivity contribution in [2.45, 2.75) is 20.8 Å². The zero-order valence-electron chi connectivity index (χ0n) is 15.5. The highest BCUT2D eigenvalue weighted by molar-refractivity contribution is 7.92. The second-order valence-corrected chi connectivity index (χ2v) is 8.13. The summed E-state index contributed by atoms with van der Waals surface area (Å²) < 4.78 is 25.3. The van der Waals surface area contributed by atoms with Crippen LogP contribution in [0.3, 0.4) is 0 Å². The van der Waals surface area contributed by atoms with Gasteiger partial charge in [0.2, 0.25) is 15.9 Å². The Kier molecular flexibility index (Phi) is 5.51. The van der Waals surface area contributed by atoms with Gasteiger partial charge in [-0.25, -0.2) is 12.7 Å². The number of carbonyl (C=O) groups excluding carboxylic acids is 2. The summed E-state index contributed by atoms with van der Waals surface area (Å²) in [4.78, 5) is 25.8. The molecule has 0 aliphatic rings. The number of sulfonamides is 1. The number of nitrogens with zero attached hydrogens (tertiary/aromatic N) is 2. The molecular weight excluding hydrogens is 352 g/mol. The Morgan fingerprint density at radius 3 is 1.77 bits per heavy atom. The molecule has 26 heavy (non-hydrogen) atoms. The molecule has 0 unspecified atom stereocenters. The van der Waals surface area contributed by atoms with Gasteiger partial charge in [-0.05, 0) is 50.2 Å². The smallest absolute Gasteiger partial charge is 0.272 e. The lowest BCUT2D eigenvalue weighted by Crippen LogP contribution is -2.36. The van der Waals surface area contributed by atoms with E-state index in [4.69, 9.17) is 0 Å². The van der Waals surface area contributed by atoms with E-state index in [1.54, 1.807) is 31.3 Å². The van der Waals surface area contributed by atoms with Gasteiger partial charge in [0.25, 0.3) is 5.91 Å². The molecule has 0 radical (unpaired) electrons. The summed E-state index contributed by atoms with van der Waals surface area (Å²) >= 11 is 0. The molecule has 2 amide bonds.